The van der Waals surface area contributed by atoms with E-state index in [0.29, 0.717) is 0 Å². The maximum atomic E-state index is 10.3. The molecule has 0 saturated carbocycles. The first-order valence-corrected chi connectivity index (χ1v) is 11.3. The van der Waals surface area contributed by atoms with Crippen molar-refractivity contribution in [3.8, 4) is 23.6 Å². The summed E-state index contributed by atoms with van der Waals surface area (Å²) >= 11 is 0. The second kappa shape index (κ2) is 10.9. The Morgan fingerprint density at radius 1 is 0.706 bits per heavy atom. The fraction of sp³-hybridized carbons (Fsp3) is 0.286. The van der Waals surface area contributed by atoms with Gasteiger partial charge in [0.25, 0.3) is 0 Å². The predicted molar refractivity (Wildman–Crippen MR) is 130 cm³/mol. The lowest BCUT2D eigenvalue weighted by molar-refractivity contribution is -0.0287. The average Bonchev–Trinajstić information content (AvgIpc) is 2.91. The van der Waals surface area contributed by atoms with Gasteiger partial charge in [-0.25, -0.2) is 0 Å². The molecule has 0 bridgehead atoms. The highest BCUT2D eigenvalue weighted by atomic mass is 16.5. The first-order chi connectivity index (χ1) is 16.7. The summed E-state index contributed by atoms with van der Waals surface area (Å²) in [6.07, 6.45) is 0.625. The molecule has 1 aliphatic heterocycles. The quantitative estimate of drug-likeness (QED) is 0.488. The van der Waals surface area contributed by atoms with E-state index in [2.05, 4.69) is 34.1 Å². The van der Waals surface area contributed by atoms with Gasteiger partial charge in [0.05, 0.1) is 32.5 Å². The van der Waals surface area contributed by atoms with Gasteiger partial charge in [-0.15, -0.1) is 0 Å². The minimum Gasteiger partial charge on any atom is -0.497 e. The second-order valence-electron chi connectivity index (χ2n) is 8.22. The summed E-state index contributed by atoms with van der Waals surface area (Å²) in [7, 11) is 3.26. The molecule has 1 heterocycles. The molecule has 34 heavy (non-hydrogen) atoms. The summed E-state index contributed by atoms with van der Waals surface area (Å²) in [6.45, 7) is 1.50. The number of benzene rings is 3. The van der Waals surface area contributed by atoms with Gasteiger partial charge >= 0.3 is 0 Å². The van der Waals surface area contributed by atoms with Gasteiger partial charge in [-0.05, 0) is 47.4 Å². The van der Waals surface area contributed by atoms with Crippen molar-refractivity contribution in [3.05, 3.63) is 95.6 Å². The number of hydrogen-bond acceptors (Lipinski definition) is 6. The molecule has 0 N–H and O–H groups in total. The normalized spacial score (nSPS) is 18.3. The maximum absolute atomic E-state index is 10.3. The molecule has 2 unspecified atom stereocenters. The van der Waals surface area contributed by atoms with Crippen LogP contribution < -0.4 is 9.47 Å². The van der Waals surface area contributed by atoms with E-state index in [9.17, 15) is 10.5 Å². The van der Waals surface area contributed by atoms with Crippen LogP contribution in [-0.4, -0.2) is 37.1 Å². The summed E-state index contributed by atoms with van der Waals surface area (Å²) in [4.78, 5) is 4.41. The van der Waals surface area contributed by atoms with Crippen molar-refractivity contribution in [3.63, 3.8) is 0 Å². The van der Waals surface area contributed by atoms with Gasteiger partial charge in [0.2, 0.25) is 0 Å². The molecular weight excluding hydrogens is 424 g/mol. The Bertz CT molecular complexity index is 1080. The topological polar surface area (TPSA) is 72.5 Å². The standard InChI is InChI=1S/C28H28N4O2/c1-33-24-13-9-21(10-14-24)26(19-29)31-17-6-18-32(28(31)23-7-4-3-5-8-23)27(20-30)22-11-15-25(34-2)16-12-22/h3-5,7-16,26-28H,6,17-18H2,1-2H3. The Morgan fingerprint density at radius 3 is 1.53 bits per heavy atom. The van der Waals surface area contributed by atoms with Gasteiger partial charge in [0, 0.05) is 13.1 Å². The molecule has 1 aliphatic rings. The zero-order valence-corrected chi connectivity index (χ0v) is 19.5. The number of hydrogen-bond donors (Lipinski definition) is 0. The molecular formula is C28H28N4O2. The molecule has 6 heteroatoms. The van der Waals surface area contributed by atoms with E-state index in [1.165, 1.54) is 0 Å². The van der Waals surface area contributed by atoms with E-state index < -0.39 is 12.1 Å². The monoisotopic (exact) mass is 452 g/mol. The van der Waals surface area contributed by atoms with E-state index >= 15 is 0 Å². The highest BCUT2D eigenvalue weighted by Crippen LogP contribution is 2.40. The van der Waals surface area contributed by atoms with Gasteiger partial charge in [0.1, 0.15) is 23.6 Å². The van der Waals surface area contributed by atoms with Crippen molar-refractivity contribution in [2.75, 3.05) is 27.3 Å². The number of methoxy groups -OCH3 is 2. The Balaban J connectivity index is 1.75. The van der Waals surface area contributed by atoms with E-state index in [1.54, 1.807) is 14.2 Å². The van der Waals surface area contributed by atoms with Crippen LogP contribution in [0.5, 0.6) is 11.5 Å². The number of nitriles is 2. The average molecular weight is 453 g/mol. The van der Waals surface area contributed by atoms with Gasteiger partial charge in [-0.1, -0.05) is 54.6 Å². The zero-order chi connectivity index (χ0) is 23.9. The lowest BCUT2D eigenvalue weighted by atomic mass is 9.97. The van der Waals surface area contributed by atoms with Crippen LogP contribution in [0.3, 0.4) is 0 Å². The summed E-state index contributed by atoms with van der Waals surface area (Å²) in [5, 5.41) is 20.5. The number of nitrogens with zero attached hydrogens (tertiary/aromatic N) is 4. The van der Waals surface area contributed by atoms with E-state index in [-0.39, 0.29) is 6.17 Å². The van der Waals surface area contributed by atoms with Crippen LogP contribution in [0, 0.1) is 22.7 Å². The van der Waals surface area contributed by atoms with Crippen LogP contribution in [0.4, 0.5) is 0 Å². The Kier molecular flexibility index (Phi) is 7.44. The molecule has 1 fully saturated rings. The van der Waals surface area contributed by atoms with Crippen LogP contribution in [0.1, 0.15) is 41.4 Å². The summed E-state index contributed by atoms with van der Waals surface area (Å²) in [5.74, 6) is 1.51. The van der Waals surface area contributed by atoms with Crippen LogP contribution in [0.25, 0.3) is 0 Å². The summed E-state index contributed by atoms with van der Waals surface area (Å²) in [5.41, 5.74) is 2.87. The molecule has 0 spiro atoms. The van der Waals surface area contributed by atoms with Crippen molar-refractivity contribution < 1.29 is 9.47 Å². The minimum atomic E-state index is -0.464. The molecule has 0 aromatic heterocycles. The summed E-state index contributed by atoms with van der Waals surface area (Å²) < 4.78 is 10.6. The first kappa shape index (κ1) is 23.3. The molecule has 4 rings (SSSR count). The van der Waals surface area contributed by atoms with Gasteiger partial charge in [-0.2, -0.15) is 10.5 Å². The maximum Gasteiger partial charge on any atom is 0.125 e. The zero-order valence-electron chi connectivity index (χ0n) is 19.5. The SMILES string of the molecule is COc1ccc(C(C#N)N2CCCN(C(C#N)c3ccc(OC)cc3)C2c2ccccc2)cc1. The largest absolute Gasteiger partial charge is 0.497 e. The Hall–Kier alpha value is -3.84. The molecule has 3 aromatic rings. The lowest BCUT2D eigenvalue weighted by Gasteiger charge is -2.47. The van der Waals surface area contributed by atoms with E-state index in [1.807, 2.05) is 66.7 Å². The molecule has 0 aliphatic carbocycles. The van der Waals surface area contributed by atoms with Crippen LogP contribution in [-0.2, 0) is 0 Å². The van der Waals surface area contributed by atoms with Gasteiger partial charge in [-0.3, -0.25) is 9.80 Å². The van der Waals surface area contributed by atoms with Gasteiger partial charge in [0.15, 0.2) is 0 Å². The van der Waals surface area contributed by atoms with Crippen molar-refractivity contribution >= 4 is 0 Å². The number of rotatable bonds is 7. The molecule has 0 radical (unpaired) electrons. The van der Waals surface area contributed by atoms with Crippen LogP contribution >= 0.6 is 0 Å². The second-order valence-corrected chi connectivity index (χ2v) is 8.22. The number of ether oxygens (including phenoxy) is 2. The first-order valence-electron chi connectivity index (χ1n) is 11.3. The lowest BCUT2D eigenvalue weighted by Crippen LogP contribution is -2.49. The third kappa shape index (κ3) is 4.75. The Labute approximate surface area is 201 Å². The van der Waals surface area contributed by atoms with Crippen LogP contribution in [0.15, 0.2) is 78.9 Å². The van der Waals surface area contributed by atoms with E-state index in [0.717, 1.165) is 47.7 Å². The van der Waals surface area contributed by atoms with Crippen molar-refractivity contribution in [1.29, 1.82) is 10.5 Å². The smallest absolute Gasteiger partial charge is 0.125 e. The molecule has 172 valence electrons. The molecule has 1 saturated heterocycles. The highest BCUT2D eigenvalue weighted by Gasteiger charge is 2.39. The fourth-order valence-electron chi connectivity index (χ4n) is 4.67. The third-order valence-corrected chi connectivity index (χ3v) is 6.33. The minimum absolute atomic E-state index is 0.228. The van der Waals surface area contributed by atoms with Gasteiger partial charge < -0.3 is 9.47 Å². The molecule has 3 aromatic carbocycles. The van der Waals surface area contributed by atoms with Crippen molar-refractivity contribution in [2.45, 2.75) is 24.7 Å². The molecule has 0 amide bonds. The highest BCUT2D eigenvalue weighted by molar-refractivity contribution is 5.35. The predicted octanol–water partition coefficient (Wildman–Crippen LogP) is 5.24. The fourth-order valence-corrected chi connectivity index (χ4v) is 4.67. The molecule has 6 nitrogen and oxygen atoms in total. The summed E-state index contributed by atoms with van der Waals surface area (Å²) in [6, 6.07) is 29.5. The molecule has 2 atom stereocenters. The van der Waals surface area contributed by atoms with Crippen molar-refractivity contribution in [2.24, 2.45) is 0 Å². The third-order valence-electron chi connectivity index (χ3n) is 6.33. The van der Waals surface area contributed by atoms with Crippen LogP contribution in [0.2, 0.25) is 0 Å². The van der Waals surface area contributed by atoms with E-state index in [4.69, 9.17) is 9.47 Å². The Morgan fingerprint density at radius 2 is 1.15 bits per heavy atom. The van der Waals surface area contributed by atoms with Crippen molar-refractivity contribution in [1.82, 2.24) is 9.80 Å².